The predicted octanol–water partition coefficient (Wildman–Crippen LogP) is 2.18. The van der Waals surface area contributed by atoms with Gasteiger partial charge in [0.05, 0.1) is 24.5 Å². The van der Waals surface area contributed by atoms with Gasteiger partial charge in [-0.3, -0.25) is 9.69 Å². The number of pyridine rings is 2. The van der Waals surface area contributed by atoms with Gasteiger partial charge in [0.25, 0.3) is 0 Å². The molecule has 36 heavy (non-hydrogen) atoms. The van der Waals surface area contributed by atoms with Gasteiger partial charge in [-0.2, -0.15) is 5.23 Å². The second-order valence-corrected chi connectivity index (χ2v) is 8.84. The Morgan fingerprint density at radius 1 is 1.25 bits per heavy atom. The van der Waals surface area contributed by atoms with E-state index in [1.54, 1.807) is 11.1 Å². The third-order valence-electron chi connectivity index (χ3n) is 5.76. The van der Waals surface area contributed by atoms with Gasteiger partial charge < -0.3 is 21.2 Å². The molecule has 2 aromatic heterocycles. The van der Waals surface area contributed by atoms with Crippen LogP contribution in [0, 0.1) is 12.1 Å². The van der Waals surface area contributed by atoms with Crippen molar-refractivity contribution < 1.29 is 15.2 Å². The minimum Gasteiger partial charge on any atom is -0.595 e. The quantitative estimate of drug-likeness (QED) is 0.279. The van der Waals surface area contributed by atoms with E-state index in [2.05, 4.69) is 15.3 Å². The number of nitrogens with one attached hydrogen (secondary N) is 2. The molecular formula is C24H27ClN8O3. The molecule has 5 N–H and O–H groups in total. The van der Waals surface area contributed by atoms with Crippen LogP contribution in [0.5, 0.6) is 0 Å². The lowest BCUT2D eigenvalue weighted by molar-refractivity contribution is -0.990. The molecule has 11 nitrogen and oxygen atoms in total. The molecule has 0 spiro atoms. The zero-order valence-electron chi connectivity index (χ0n) is 19.9. The van der Waals surface area contributed by atoms with Gasteiger partial charge in [-0.1, -0.05) is 17.7 Å². The van der Waals surface area contributed by atoms with E-state index in [0.717, 1.165) is 23.4 Å². The number of likely N-dealkylation sites (N-methyl/N-ethyl adjacent to an activating group) is 1. The molecule has 1 fully saturated rings. The lowest BCUT2D eigenvalue weighted by Gasteiger charge is -2.33. The molecule has 4 rings (SSSR count). The summed E-state index contributed by atoms with van der Waals surface area (Å²) < 4.78 is 0. The van der Waals surface area contributed by atoms with Crippen LogP contribution in [0.1, 0.15) is 5.56 Å². The lowest BCUT2D eigenvalue weighted by atomic mass is 10.0. The molecule has 0 bridgehead atoms. The molecule has 0 aliphatic carbocycles. The number of benzene rings is 1. The number of carbonyl (C=O) groups excluding carboxylic acids is 1. The van der Waals surface area contributed by atoms with Crippen LogP contribution in [-0.2, 0) is 4.79 Å². The number of halogens is 1. The van der Waals surface area contributed by atoms with Crippen LogP contribution in [0.15, 0.2) is 47.5 Å². The number of aliphatic imine (C=N–C) groups is 1. The summed E-state index contributed by atoms with van der Waals surface area (Å²) in [6.07, 6.45) is 1.59. The van der Waals surface area contributed by atoms with Crippen LogP contribution in [0.3, 0.4) is 0 Å². The molecule has 3 heterocycles. The van der Waals surface area contributed by atoms with E-state index in [1.807, 2.05) is 49.2 Å². The average Bonchev–Trinajstić information content (AvgIpc) is 2.82. The highest BCUT2D eigenvalue weighted by atomic mass is 35.5. The van der Waals surface area contributed by atoms with Gasteiger partial charge in [0, 0.05) is 36.0 Å². The van der Waals surface area contributed by atoms with Gasteiger partial charge >= 0.3 is 0 Å². The molecule has 12 heteroatoms. The Kier molecular flexibility index (Phi) is 7.77. The number of aromatic nitrogens is 2. The summed E-state index contributed by atoms with van der Waals surface area (Å²) >= 11 is 6.17. The van der Waals surface area contributed by atoms with Gasteiger partial charge in [0.1, 0.15) is 5.82 Å². The Bertz CT molecular complexity index is 1300. The van der Waals surface area contributed by atoms with E-state index in [0.29, 0.717) is 42.0 Å². The maximum absolute atomic E-state index is 12.8. The molecule has 1 aromatic carbocycles. The first-order valence-electron chi connectivity index (χ1n) is 11.3. The standard InChI is InChI=1S/C24H27ClN8O3/c1-15-13-16(25)3-4-17(15)23-18(32-12-11-31(2)14-22(32)34)5-7-20(29-23)27-9-10-28-21-8-6-19(33(35)36)24(26)30-21/h3-8,10,13,33,35H,9,11-12,14H2,1-2H3,(H2,26,30)(H,27,29). The monoisotopic (exact) mass is 510 g/mol. The maximum Gasteiger partial charge on any atom is 0.241 e. The van der Waals surface area contributed by atoms with Crippen LogP contribution in [0.25, 0.3) is 11.3 Å². The average molecular weight is 511 g/mol. The van der Waals surface area contributed by atoms with Crippen molar-refractivity contribution in [2.45, 2.75) is 6.92 Å². The highest BCUT2D eigenvalue weighted by molar-refractivity contribution is 6.30. The zero-order chi connectivity index (χ0) is 25.8. The van der Waals surface area contributed by atoms with Gasteiger partial charge in [0.15, 0.2) is 11.6 Å². The highest BCUT2D eigenvalue weighted by Crippen LogP contribution is 2.34. The minimum atomic E-state index is -1.14. The van der Waals surface area contributed by atoms with Gasteiger partial charge in [-0.05, 0) is 49.9 Å². The number of quaternary nitrogens is 1. The number of nitrogen functional groups attached to an aromatic ring is 1. The van der Waals surface area contributed by atoms with Crippen LogP contribution in [-0.4, -0.2) is 65.4 Å². The number of hydrogen-bond donors (Lipinski definition) is 4. The van der Waals surface area contributed by atoms with E-state index in [4.69, 9.17) is 27.5 Å². The molecular weight excluding hydrogens is 484 g/mol. The van der Waals surface area contributed by atoms with E-state index in [1.165, 1.54) is 12.1 Å². The van der Waals surface area contributed by atoms with E-state index < -0.39 is 5.23 Å². The van der Waals surface area contributed by atoms with E-state index in [-0.39, 0.29) is 17.4 Å². The maximum atomic E-state index is 12.8. The number of anilines is 3. The molecule has 1 saturated heterocycles. The first-order chi connectivity index (χ1) is 17.2. The number of piperazine rings is 1. The summed E-state index contributed by atoms with van der Waals surface area (Å²) in [4.78, 5) is 29.6. The zero-order valence-corrected chi connectivity index (χ0v) is 20.7. The van der Waals surface area contributed by atoms with Crippen molar-refractivity contribution in [1.82, 2.24) is 14.9 Å². The van der Waals surface area contributed by atoms with Crippen molar-refractivity contribution in [2.24, 2.45) is 4.99 Å². The Balaban J connectivity index is 1.57. The number of aryl methyl sites for hydroxylation is 1. The summed E-state index contributed by atoms with van der Waals surface area (Å²) in [5.74, 6) is 0.828. The second-order valence-electron chi connectivity index (χ2n) is 8.41. The Labute approximate surface area is 213 Å². The van der Waals surface area contributed by atoms with Crippen molar-refractivity contribution in [3.05, 3.63) is 58.3 Å². The second kappa shape index (κ2) is 11.0. The first kappa shape index (κ1) is 25.5. The summed E-state index contributed by atoms with van der Waals surface area (Å²) in [7, 11) is 1.93. The SMILES string of the molecule is Cc1cc(Cl)ccc1-c1nc(NCC=Nc2ccc([NH+]([O-])O)c(N)n2)ccc1N1CCN(C)CC1=O. The Morgan fingerprint density at radius 3 is 2.75 bits per heavy atom. The molecule has 1 unspecified atom stereocenters. The van der Waals surface area contributed by atoms with Crippen LogP contribution in [0.2, 0.25) is 5.02 Å². The van der Waals surface area contributed by atoms with E-state index >= 15 is 0 Å². The minimum absolute atomic E-state index is 0.0203. The molecule has 1 aliphatic rings. The smallest absolute Gasteiger partial charge is 0.241 e. The third kappa shape index (κ3) is 5.78. The fraction of sp³-hybridized carbons (Fsp3) is 0.250. The van der Waals surface area contributed by atoms with Crippen LogP contribution < -0.4 is 21.2 Å². The van der Waals surface area contributed by atoms with Crippen molar-refractivity contribution in [3.8, 4) is 11.3 Å². The lowest BCUT2D eigenvalue weighted by Crippen LogP contribution is -2.99. The van der Waals surface area contributed by atoms with Crippen LogP contribution >= 0.6 is 11.6 Å². The third-order valence-corrected chi connectivity index (χ3v) is 5.99. The Hall–Kier alpha value is -3.61. The fourth-order valence-corrected chi connectivity index (χ4v) is 4.14. The largest absolute Gasteiger partial charge is 0.595 e. The number of nitrogens with zero attached hydrogens (tertiary/aromatic N) is 5. The molecule has 0 radical (unpaired) electrons. The summed E-state index contributed by atoms with van der Waals surface area (Å²) in [5.41, 5.74) is 8.87. The Morgan fingerprint density at radius 2 is 2.06 bits per heavy atom. The normalized spacial score (nSPS) is 15.5. The van der Waals surface area contributed by atoms with Gasteiger partial charge in [-0.15, -0.1) is 0 Å². The predicted molar refractivity (Wildman–Crippen MR) is 140 cm³/mol. The number of hydrogen-bond acceptors (Lipinski definition) is 9. The van der Waals surface area contributed by atoms with Gasteiger partial charge in [-0.25, -0.2) is 20.2 Å². The first-order valence-corrected chi connectivity index (χ1v) is 11.6. The summed E-state index contributed by atoms with van der Waals surface area (Å²) in [6.45, 7) is 3.99. The summed E-state index contributed by atoms with van der Waals surface area (Å²) in [5, 5.41) is 22.8. The highest BCUT2D eigenvalue weighted by Gasteiger charge is 2.26. The molecule has 1 amide bonds. The van der Waals surface area contributed by atoms with E-state index in [9.17, 15) is 10.0 Å². The molecule has 1 atom stereocenters. The van der Waals surface area contributed by atoms with Crippen molar-refractivity contribution in [3.63, 3.8) is 0 Å². The summed E-state index contributed by atoms with van der Waals surface area (Å²) in [6, 6.07) is 12.2. The number of nitrogens with two attached hydrogens (primary N) is 1. The number of carbonyl (C=O) groups is 1. The molecule has 188 valence electrons. The molecule has 3 aromatic rings. The van der Waals surface area contributed by atoms with Crippen molar-refractivity contribution in [2.75, 3.05) is 49.2 Å². The number of rotatable bonds is 7. The van der Waals surface area contributed by atoms with Gasteiger partial charge in [0.2, 0.25) is 11.6 Å². The van der Waals surface area contributed by atoms with Crippen LogP contribution in [0.4, 0.5) is 28.8 Å². The molecule has 1 aliphatic heterocycles. The number of amides is 1. The fourth-order valence-electron chi connectivity index (χ4n) is 3.91. The van der Waals surface area contributed by atoms with Crippen molar-refractivity contribution >= 4 is 52.6 Å². The molecule has 0 saturated carbocycles. The van der Waals surface area contributed by atoms with Crippen molar-refractivity contribution in [1.29, 1.82) is 0 Å². The topological polar surface area (TPSA) is 147 Å².